The van der Waals surface area contributed by atoms with Crippen LogP contribution < -0.4 is 5.32 Å². The van der Waals surface area contributed by atoms with E-state index in [2.05, 4.69) is 5.32 Å². The molecule has 1 spiro atoms. The van der Waals surface area contributed by atoms with E-state index in [0.29, 0.717) is 18.3 Å². The number of halogens is 1. The van der Waals surface area contributed by atoms with Gasteiger partial charge < -0.3 is 10.1 Å². The predicted octanol–water partition coefficient (Wildman–Crippen LogP) is 2.14. The maximum atomic E-state index is 13.6. The average molecular weight is 253 g/mol. The molecule has 3 nitrogen and oxygen atoms in total. The van der Waals surface area contributed by atoms with Crippen LogP contribution in [-0.2, 0) is 9.59 Å². The fraction of sp³-hybridized carbons (Fsp3) is 0.857. The Balaban J connectivity index is 1.61. The third-order valence-electron chi connectivity index (χ3n) is 4.98. The van der Waals surface area contributed by atoms with E-state index < -0.39 is 17.6 Å². The number of amides is 1. The number of rotatable bonds is 4. The van der Waals surface area contributed by atoms with Crippen molar-refractivity contribution in [1.29, 1.82) is 0 Å². The number of nitrogens with one attached hydrogen (secondary N) is 1. The molecule has 18 heavy (non-hydrogen) atoms. The summed E-state index contributed by atoms with van der Waals surface area (Å²) < 4.78 is 13.6. The lowest BCUT2D eigenvalue weighted by atomic mass is 9.76. The average Bonchev–Trinajstić information content (AvgIpc) is 3.27. The third kappa shape index (κ3) is 2.17. The highest BCUT2D eigenvalue weighted by Crippen LogP contribution is 2.58. The number of aldehydes is 1. The summed E-state index contributed by atoms with van der Waals surface area (Å²) in [6.07, 6.45) is 8.32. The van der Waals surface area contributed by atoms with E-state index >= 15 is 0 Å². The smallest absolute Gasteiger partial charge is 0.258 e. The molecule has 0 bridgehead atoms. The van der Waals surface area contributed by atoms with Crippen LogP contribution in [0.3, 0.4) is 0 Å². The quantitative estimate of drug-likeness (QED) is 0.780. The summed E-state index contributed by atoms with van der Waals surface area (Å²) in [7, 11) is 0. The molecular formula is C14H20FNO2. The normalized spacial score (nSPS) is 32.6. The number of alkyl halides is 1. The fourth-order valence-electron chi connectivity index (χ4n) is 3.32. The molecule has 2 atom stereocenters. The molecule has 4 heteroatoms. The Morgan fingerprint density at radius 1 is 1.28 bits per heavy atom. The van der Waals surface area contributed by atoms with Gasteiger partial charge in [0, 0.05) is 0 Å². The minimum Gasteiger partial charge on any atom is -0.344 e. The van der Waals surface area contributed by atoms with Gasteiger partial charge in [-0.1, -0.05) is 6.42 Å². The number of carbonyl (C=O) groups excluding carboxylic acids is 2. The van der Waals surface area contributed by atoms with E-state index in [9.17, 15) is 14.0 Å². The minimum atomic E-state index is -1.67. The zero-order valence-electron chi connectivity index (χ0n) is 10.6. The molecule has 0 aromatic heterocycles. The molecule has 1 amide bonds. The van der Waals surface area contributed by atoms with Gasteiger partial charge in [0.25, 0.3) is 5.91 Å². The number of carbonyl (C=O) groups is 2. The van der Waals surface area contributed by atoms with E-state index in [1.54, 1.807) is 0 Å². The van der Waals surface area contributed by atoms with E-state index in [0.717, 1.165) is 25.5 Å². The second-order valence-corrected chi connectivity index (χ2v) is 6.46. The Labute approximate surface area is 107 Å². The molecule has 1 N–H and O–H groups in total. The lowest BCUT2D eigenvalue weighted by Gasteiger charge is -2.33. The highest BCUT2D eigenvalue weighted by atomic mass is 19.1. The molecule has 0 aromatic carbocycles. The standard InChI is InChI=1S/C14H20FNO2/c15-14(6-7-14)12(18)16-11(9-17)10-2-1-3-13(8-10)4-5-13/h9-11H,1-8H2,(H,16,18). The van der Waals surface area contributed by atoms with Crippen LogP contribution in [0.4, 0.5) is 4.39 Å². The van der Waals surface area contributed by atoms with Gasteiger partial charge in [-0.05, 0) is 56.3 Å². The fourth-order valence-corrected chi connectivity index (χ4v) is 3.32. The lowest BCUT2D eigenvalue weighted by molar-refractivity contribution is -0.130. The van der Waals surface area contributed by atoms with Crippen LogP contribution in [0.25, 0.3) is 0 Å². The summed E-state index contributed by atoms with van der Waals surface area (Å²) in [4.78, 5) is 22.9. The van der Waals surface area contributed by atoms with Crippen molar-refractivity contribution in [3.8, 4) is 0 Å². The van der Waals surface area contributed by atoms with Gasteiger partial charge in [0.2, 0.25) is 0 Å². The van der Waals surface area contributed by atoms with Crippen molar-refractivity contribution in [3.63, 3.8) is 0 Å². The van der Waals surface area contributed by atoms with Gasteiger partial charge in [0.05, 0.1) is 6.04 Å². The zero-order chi connectivity index (χ0) is 12.8. The molecule has 0 aromatic rings. The van der Waals surface area contributed by atoms with Gasteiger partial charge in [-0.25, -0.2) is 4.39 Å². The maximum Gasteiger partial charge on any atom is 0.258 e. The molecule has 0 radical (unpaired) electrons. The number of hydrogen-bond acceptors (Lipinski definition) is 2. The molecule has 3 rings (SSSR count). The van der Waals surface area contributed by atoms with Crippen LogP contribution in [0.5, 0.6) is 0 Å². The molecule has 100 valence electrons. The van der Waals surface area contributed by atoms with Crippen LogP contribution in [0.15, 0.2) is 0 Å². The maximum absolute atomic E-state index is 13.6. The van der Waals surface area contributed by atoms with Gasteiger partial charge >= 0.3 is 0 Å². The monoisotopic (exact) mass is 253 g/mol. The van der Waals surface area contributed by atoms with Crippen LogP contribution >= 0.6 is 0 Å². The first-order valence-electron chi connectivity index (χ1n) is 7.02. The molecule has 2 unspecified atom stereocenters. The largest absolute Gasteiger partial charge is 0.344 e. The van der Waals surface area contributed by atoms with Gasteiger partial charge in [0.1, 0.15) is 6.29 Å². The van der Waals surface area contributed by atoms with Crippen LogP contribution in [0.1, 0.15) is 51.4 Å². The molecule has 0 heterocycles. The number of hydrogen-bond donors (Lipinski definition) is 1. The Kier molecular flexibility index (Phi) is 2.72. The Bertz CT molecular complexity index is 374. The minimum absolute atomic E-state index is 0.213. The summed E-state index contributed by atoms with van der Waals surface area (Å²) in [5.41, 5.74) is -1.21. The first-order valence-corrected chi connectivity index (χ1v) is 7.02. The Morgan fingerprint density at radius 3 is 2.56 bits per heavy atom. The van der Waals surface area contributed by atoms with Crippen molar-refractivity contribution in [2.24, 2.45) is 11.3 Å². The zero-order valence-corrected chi connectivity index (χ0v) is 10.6. The molecule has 0 aliphatic heterocycles. The topological polar surface area (TPSA) is 46.2 Å². The lowest BCUT2D eigenvalue weighted by Crippen LogP contribution is -2.47. The molecule has 3 aliphatic rings. The van der Waals surface area contributed by atoms with Crippen molar-refractivity contribution >= 4 is 12.2 Å². The third-order valence-corrected chi connectivity index (χ3v) is 4.98. The highest BCUT2D eigenvalue weighted by Gasteiger charge is 2.52. The van der Waals surface area contributed by atoms with Crippen molar-refractivity contribution in [1.82, 2.24) is 5.32 Å². The van der Waals surface area contributed by atoms with Crippen molar-refractivity contribution in [2.45, 2.75) is 63.1 Å². The van der Waals surface area contributed by atoms with Crippen molar-refractivity contribution in [2.75, 3.05) is 0 Å². The van der Waals surface area contributed by atoms with E-state index in [1.165, 1.54) is 19.3 Å². The summed E-state index contributed by atoms with van der Waals surface area (Å²) in [6.45, 7) is 0. The molecule has 3 aliphatic carbocycles. The summed E-state index contributed by atoms with van der Waals surface area (Å²) >= 11 is 0. The van der Waals surface area contributed by atoms with Crippen molar-refractivity contribution in [3.05, 3.63) is 0 Å². The van der Waals surface area contributed by atoms with Gasteiger partial charge in [-0.2, -0.15) is 0 Å². The van der Waals surface area contributed by atoms with Gasteiger partial charge in [0.15, 0.2) is 5.67 Å². The van der Waals surface area contributed by atoms with Crippen LogP contribution in [0, 0.1) is 11.3 Å². The van der Waals surface area contributed by atoms with Crippen LogP contribution in [-0.4, -0.2) is 23.9 Å². The summed E-state index contributed by atoms with van der Waals surface area (Å²) in [5, 5.41) is 2.62. The van der Waals surface area contributed by atoms with Gasteiger partial charge in [-0.3, -0.25) is 4.79 Å². The Hall–Kier alpha value is -0.930. The summed E-state index contributed by atoms with van der Waals surface area (Å²) in [6, 6.07) is -0.483. The van der Waals surface area contributed by atoms with E-state index in [1.807, 2.05) is 0 Å². The second-order valence-electron chi connectivity index (χ2n) is 6.46. The van der Waals surface area contributed by atoms with E-state index in [4.69, 9.17) is 0 Å². The second kappa shape index (κ2) is 4.04. The first-order chi connectivity index (χ1) is 8.57. The Morgan fingerprint density at radius 2 is 2.00 bits per heavy atom. The SMILES string of the molecule is O=CC(NC(=O)C1(F)CC1)C1CCCC2(CC2)C1. The molecule has 3 saturated carbocycles. The van der Waals surface area contributed by atoms with Crippen LogP contribution in [0.2, 0.25) is 0 Å². The predicted molar refractivity (Wildman–Crippen MR) is 64.7 cm³/mol. The van der Waals surface area contributed by atoms with E-state index in [-0.39, 0.29) is 5.92 Å². The highest BCUT2D eigenvalue weighted by molar-refractivity contribution is 5.89. The molecule has 3 fully saturated rings. The molecular weight excluding hydrogens is 233 g/mol. The van der Waals surface area contributed by atoms with Gasteiger partial charge in [-0.15, -0.1) is 0 Å². The summed E-state index contributed by atoms with van der Waals surface area (Å²) in [5.74, 6) is -0.361. The first kappa shape index (κ1) is 12.1. The van der Waals surface area contributed by atoms with Crippen molar-refractivity contribution < 1.29 is 14.0 Å². The molecule has 0 saturated heterocycles.